The van der Waals surface area contributed by atoms with Crippen LogP contribution in [0.25, 0.3) is 89.3 Å². The molecular weight excluding hydrogens is 587 g/mol. The molecule has 9 rings (SSSR count). The first kappa shape index (κ1) is 27.7. The van der Waals surface area contributed by atoms with Gasteiger partial charge in [0, 0.05) is 22.3 Å². The van der Waals surface area contributed by atoms with Crippen molar-refractivity contribution in [1.82, 2.24) is 24.9 Å². The number of hydrogen-bond acceptors (Lipinski definition) is 5. The Balaban J connectivity index is 1.29. The van der Waals surface area contributed by atoms with Crippen LogP contribution < -0.4 is 0 Å². The van der Waals surface area contributed by atoms with Crippen LogP contribution in [0.3, 0.4) is 0 Å². The van der Waals surface area contributed by atoms with E-state index in [0.717, 1.165) is 27.9 Å². The lowest BCUT2D eigenvalue weighted by atomic mass is 9.93. The SMILES string of the molecule is c1ccc(-c2nc(-c3ccc4c5ccccc5c5ccccc5c4c3)cc(-c3nc(-c4ccccc4)nc(-c4ccccc4)n3)n2)cc1. The molecule has 7 aromatic carbocycles. The Labute approximate surface area is 277 Å². The molecule has 0 aliphatic heterocycles. The smallest absolute Gasteiger partial charge is 0.182 e. The average Bonchev–Trinajstić information content (AvgIpc) is 3.18. The van der Waals surface area contributed by atoms with Crippen LogP contribution in [0, 0.1) is 0 Å². The van der Waals surface area contributed by atoms with Gasteiger partial charge in [-0.2, -0.15) is 0 Å². The highest BCUT2D eigenvalue weighted by Crippen LogP contribution is 2.37. The maximum atomic E-state index is 5.13. The third-order valence-corrected chi connectivity index (χ3v) is 8.73. The summed E-state index contributed by atoms with van der Waals surface area (Å²) in [4.78, 5) is 25.0. The molecule has 2 heterocycles. The monoisotopic (exact) mass is 613 g/mol. The first-order valence-corrected chi connectivity index (χ1v) is 15.9. The van der Waals surface area contributed by atoms with E-state index in [1.54, 1.807) is 0 Å². The van der Waals surface area contributed by atoms with Crippen LogP contribution in [0.15, 0.2) is 164 Å². The topological polar surface area (TPSA) is 64.5 Å². The van der Waals surface area contributed by atoms with Crippen LogP contribution >= 0.6 is 0 Å². The minimum Gasteiger partial charge on any atom is -0.228 e. The number of benzene rings is 7. The second-order valence-corrected chi connectivity index (χ2v) is 11.7. The lowest BCUT2D eigenvalue weighted by Gasteiger charge is -2.13. The van der Waals surface area contributed by atoms with Crippen molar-refractivity contribution in [2.75, 3.05) is 0 Å². The Morgan fingerprint density at radius 1 is 0.229 bits per heavy atom. The molecule has 0 spiro atoms. The highest BCUT2D eigenvalue weighted by molar-refractivity contribution is 6.25. The average molecular weight is 614 g/mol. The van der Waals surface area contributed by atoms with E-state index in [9.17, 15) is 0 Å². The molecule has 0 saturated heterocycles. The zero-order chi connectivity index (χ0) is 31.9. The largest absolute Gasteiger partial charge is 0.228 e. The van der Waals surface area contributed by atoms with Crippen LogP contribution in [0.4, 0.5) is 0 Å². The van der Waals surface area contributed by atoms with Gasteiger partial charge in [0.1, 0.15) is 5.69 Å². The standard InChI is InChI=1S/C43H27N5/c1-4-14-28(15-5-1)40-44-38(31-24-25-36-34-22-11-10-20-32(34)33-21-12-13-23-35(33)37(36)26-31)27-39(45-40)43-47-41(29-16-6-2-7-17-29)46-42(48-43)30-18-8-3-9-19-30/h1-27H. The predicted molar refractivity (Wildman–Crippen MR) is 195 cm³/mol. The van der Waals surface area contributed by atoms with Crippen molar-refractivity contribution in [3.63, 3.8) is 0 Å². The summed E-state index contributed by atoms with van der Waals surface area (Å²) in [5.41, 5.74) is 5.14. The number of rotatable bonds is 5. The molecule has 0 fully saturated rings. The van der Waals surface area contributed by atoms with E-state index in [1.165, 1.54) is 32.3 Å². The quantitative estimate of drug-likeness (QED) is 0.181. The van der Waals surface area contributed by atoms with Gasteiger partial charge in [0.05, 0.1) is 5.69 Å². The molecule has 0 saturated carbocycles. The Kier molecular flexibility index (Phi) is 6.72. The van der Waals surface area contributed by atoms with Gasteiger partial charge in [0.2, 0.25) is 0 Å². The number of hydrogen-bond donors (Lipinski definition) is 0. The fourth-order valence-corrected chi connectivity index (χ4v) is 6.42. The van der Waals surface area contributed by atoms with Gasteiger partial charge in [-0.15, -0.1) is 0 Å². The van der Waals surface area contributed by atoms with Gasteiger partial charge in [0.15, 0.2) is 23.3 Å². The normalized spacial score (nSPS) is 11.3. The molecule has 9 aromatic rings. The first-order chi connectivity index (χ1) is 23.8. The zero-order valence-corrected chi connectivity index (χ0v) is 25.8. The van der Waals surface area contributed by atoms with Crippen molar-refractivity contribution in [3.8, 4) is 56.9 Å². The Morgan fingerprint density at radius 2 is 0.604 bits per heavy atom. The molecule has 0 aliphatic carbocycles. The maximum absolute atomic E-state index is 5.13. The number of aromatic nitrogens is 5. The molecule has 0 radical (unpaired) electrons. The van der Waals surface area contributed by atoms with Crippen molar-refractivity contribution < 1.29 is 0 Å². The summed E-state index contributed by atoms with van der Waals surface area (Å²) >= 11 is 0. The summed E-state index contributed by atoms with van der Waals surface area (Å²) in [5, 5.41) is 7.32. The molecule has 0 aliphatic rings. The molecule has 0 bridgehead atoms. The van der Waals surface area contributed by atoms with Gasteiger partial charge in [-0.3, -0.25) is 0 Å². The van der Waals surface area contributed by atoms with E-state index >= 15 is 0 Å². The fraction of sp³-hybridized carbons (Fsp3) is 0. The summed E-state index contributed by atoms with van der Waals surface area (Å²) in [6, 6.07) is 55.9. The van der Waals surface area contributed by atoms with Gasteiger partial charge in [-0.05, 0) is 44.5 Å². The van der Waals surface area contributed by atoms with Gasteiger partial charge >= 0.3 is 0 Å². The second kappa shape index (κ2) is 11.6. The van der Waals surface area contributed by atoms with Gasteiger partial charge < -0.3 is 0 Å². The van der Waals surface area contributed by atoms with Crippen molar-refractivity contribution in [1.29, 1.82) is 0 Å². The molecule has 0 atom stereocenters. The second-order valence-electron chi connectivity index (χ2n) is 11.7. The predicted octanol–water partition coefficient (Wildman–Crippen LogP) is 10.5. The third-order valence-electron chi connectivity index (χ3n) is 8.73. The highest BCUT2D eigenvalue weighted by Gasteiger charge is 2.17. The third kappa shape index (κ3) is 4.95. The molecule has 48 heavy (non-hydrogen) atoms. The molecule has 0 unspecified atom stereocenters. The van der Waals surface area contributed by atoms with E-state index < -0.39 is 0 Å². The molecule has 0 amide bonds. The highest BCUT2D eigenvalue weighted by atomic mass is 15.1. The van der Waals surface area contributed by atoms with Crippen LogP contribution in [0.5, 0.6) is 0 Å². The van der Waals surface area contributed by atoms with Crippen LogP contribution in [-0.2, 0) is 0 Å². The van der Waals surface area contributed by atoms with Gasteiger partial charge in [0.25, 0.3) is 0 Å². The van der Waals surface area contributed by atoms with E-state index in [1.807, 2.05) is 97.1 Å². The molecule has 5 heteroatoms. The first-order valence-electron chi connectivity index (χ1n) is 15.9. The fourth-order valence-electron chi connectivity index (χ4n) is 6.42. The van der Waals surface area contributed by atoms with Crippen molar-refractivity contribution >= 4 is 32.3 Å². The van der Waals surface area contributed by atoms with Crippen LogP contribution in [0.1, 0.15) is 0 Å². The molecule has 2 aromatic heterocycles. The molecule has 224 valence electrons. The summed E-state index contributed by atoms with van der Waals surface area (Å²) < 4.78 is 0. The molecule has 0 N–H and O–H groups in total. The van der Waals surface area contributed by atoms with Gasteiger partial charge in [-0.25, -0.2) is 24.9 Å². The van der Waals surface area contributed by atoms with Crippen molar-refractivity contribution in [3.05, 3.63) is 164 Å². The molecule has 5 nitrogen and oxygen atoms in total. The minimum absolute atomic E-state index is 0.487. The number of fused-ring (bicyclic) bond motifs is 6. The van der Waals surface area contributed by atoms with Crippen LogP contribution in [-0.4, -0.2) is 24.9 Å². The maximum Gasteiger partial charge on any atom is 0.182 e. The Bertz CT molecular complexity index is 2510. The number of nitrogens with zero attached hydrogens (tertiary/aromatic N) is 5. The van der Waals surface area contributed by atoms with Gasteiger partial charge in [-0.1, -0.05) is 152 Å². The van der Waals surface area contributed by atoms with E-state index in [2.05, 4.69) is 66.7 Å². The Hall–Kier alpha value is -6.59. The van der Waals surface area contributed by atoms with Crippen molar-refractivity contribution in [2.24, 2.45) is 0 Å². The lowest BCUT2D eigenvalue weighted by molar-refractivity contribution is 1.05. The zero-order valence-electron chi connectivity index (χ0n) is 25.8. The van der Waals surface area contributed by atoms with E-state index in [0.29, 0.717) is 29.0 Å². The summed E-state index contributed by atoms with van der Waals surface area (Å²) in [6.07, 6.45) is 0. The van der Waals surface area contributed by atoms with E-state index in [-0.39, 0.29) is 0 Å². The summed E-state index contributed by atoms with van der Waals surface area (Å²) in [7, 11) is 0. The summed E-state index contributed by atoms with van der Waals surface area (Å²) in [5.74, 6) is 2.27. The molecular formula is C43H27N5. The van der Waals surface area contributed by atoms with E-state index in [4.69, 9.17) is 24.9 Å². The Morgan fingerprint density at radius 3 is 1.10 bits per heavy atom. The van der Waals surface area contributed by atoms with Crippen LogP contribution in [0.2, 0.25) is 0 Å². The minimum atomic E-state index is 0.487. The lowest BCUT2D eigenvalue weighted by Crippen LogP contribution is -2.03. The summed E-state index contributed by atoms with van der Waals surface area (Å²) in [6.45, 7) is 0. The van der Waals surface area contributed by atoms with Crippen molar-refractivity contribution in [2.45, 2.75) is 0 Å².